The number of hydrogen-bond acceptors (Lipinski definition) is 7. The van der Waals surface area contributed by atoms with E-state index < -0.39 is 5.69 Å². The molecule has 3 rings (SSSR count). The predicted molar refractivity (Wildman–Crippen MR) is 56.4 cm³/mol. The van der Waals surface area contributed by atoms with E-state index in [0.717, 1.165) is 0 Å². The highest BCUT2D eigenvalue weighted by Crippen LogP contribution is 2.20. The zero-order chi connectivity index (χ0) is 11.3. The molecule has 0 fully saturated rings. The maximum absolute atomic E-state index is 11.1. The van der Waals surface area contributed by atoms with Gasteiger partial charge in [0, 0.05) is 0 Å². The summed E-state index contributed by atoms with van der Waals surface area (Å²) in [5.41, 5.74) is -0.717. The lowest BCUT2D eigenvalue weighted by Crippen LogP contribution is -2.22. The fourth-order valence-electron chi connectivity index (χ4n) is 1.26. The largest absolute Gasteiger partial charge is 0.373 e. The maximum atomic E-state index is 11.1. The Morgan fingerprint density at radius 3 is 2.75 bits per heavy atom. The SMILES string of the molecule is O=c1nc2n3c(nc(Cl)nc3n1)NC(Cl)=N2. The van der Waals surface area contributed by atoms with Gasteiger partial charge in [0.25, 0.3) is 0 Å². The van der Waals surface area contributed by atoms with E-state index in [0.29, 0.717) is 0 Å². The topological polar surface area (TPSA) is 97.4 Å². The van der Waals surface area contributed by atoms with E-state index in [1.807, 2.05) is 0 Å². The van der Waals surface area contributed by atoms with Gasteiger partial charge in [-0.25, -0.2) is 9.20 Å². The van der Waals surface area contributed by atoms with Crippen LogP contribution in [0.5, 0.6) is 0 Å². The lowest BCUT2D eigenvalue weighted by Gasteiger charge is -2.13. The molecule has 0 bridgehead atoms. The van der Waals surface area contributed by atoms with E-state index in [1.54, 1.807) is 0 Å². The molecular weight excluding hydrogens is 257 g/mol. The summed E-state index contributed by atoms with van der Waals surface area (Å²) in [4.78, 5) is 29.8. The summed E-state index contributed by atoms with van der Waals surface area (Å²) < 4.78 is 1.33. The number of aliphatic imine (C=N–C) groups is 1. The highest BCUT2D eigenvalue weighted by molar-refractivity contribution is 6.67. The lowest BCUT2D eigenvalue weighted by atomic mass is 10.7. The van der Waals surface area contributed by atoms with Crippen LogP contribution in [0.3, 0.4) is 0 Å². The first-order valence-electron chi connectivity index (χ1n) is 3.99. The van der Waals surface area contributed by atoms with Gasteiger partial charge in [0.1, 0.15) is 0 Å². The van der Waals surface area contributed by atoms with Crippen molar-refractivity contribution in [1.29, 1.82) is 0 Å². The summed E-state index contributed by atoms with van der Waals surface area (Å²) in [6.45, 7) is 0. The summed E-state index contributed by atoms with van der Waals surface area (Å²) in [5.74, 6) is 0.376. The molecule has 1 N–H and O–H groups in total. The first-order chi connectivity index (χ1) is 7.63. The van der Waals surface area contributed by atoms with Gasteiger partial charge in [0.2, 0.25) is 28.3 Å². The van der Waals surface area contributed by atoms with Crippen LogP contribution in [-0.4, -0.2) is 29.6 Å². The number of hydrogen-bond donors (Lipinski definition) is 1. The lowest BCUT2D eigenvalue weighted by molar-refractivity contribution is 0.894. The van der Waals surface area contributed by atoms with Crippen molar-refractivity contribution in [2.75, 3.05) is 5.32 Å². The minimum Gasteiger partial charge on any atom is -0.300 e. The van der Waals surface area contributed by atoms with Gasteiger partial charge in [-0.1, -0.05) is 0 Å². The first-order valence-corrected chi connectivity index (χ1v) is 4.74. The van der Waals surface area contributed by atoms with Gasteiger partial charge in [-0.2, -0.15) is 24.9 Å². The molecule has 1 aliphatic rings. The Morgan fingerprint density at radius 2 is 1.94 bits per heavy atom. The van der Waals surface area contributed by atoms with Gasteiger partial charge in [-0.3, -0.25) is 5.32 Å². The Hall–Kier alpha value is -1.80. The number of aromatic nitrogens is 5. The fourth-order valence-corrected chi connectivity index (χ4v) is 1.58. The zero-order valence-electron chi connectivity index (χ0n) is 7.35. The molecule has 2 aromatic heterocycles. The van der Waals surface area contributed by atoms with Gasteiger partial charge in [-0.05, 0) is 23.2 Å². The standard InChI is InChI=1S/C6HCl2N7O/c7-1-9-3-10-2(8)12-5-14-6(16)13-4(11-1)15(3)5/h(H,9,10,11,12,13,14,16). The molecular formula is C6HCl2N7O. The third-order valence-corrected chi connectivity index (χ3v) is 2.15. The van der Waals surface area contributed by atoms with Gasteiger partial charge >= 0.3 is 5.69 Å². The molecule has 0 unspecified atom stereocenters. The number of nitrogens with one attached hydrogen (secondary N) is 1. The van der Waals surface area contributed by atoms with E-state index in [-0.39, 0.29) is 28.3 Å². The molecule has 10 heteroatoms. The van der Waals surface area contributed by atoms with E-state index >= 15 is 0 Å². The quantitative estimate of drug-likeness (QED) is 0.677. The van der Waals surface area contributed by atoms with Crippen molar-refractivity contribution >= 4 is 46.2 Å². The normalized spacial score (nSPS) is 13.5. The van der Waals surface area contributed by atoms with Crippen LogP contribution in [-0.2, 0) is 0 Å². The van der Waals surface area contributed by atoms with E-state index in [4.69, 9.17) is 23.2 Å². The summed E-state index contributed by atoms with van der Waals surface area (Å²) in [7, 11) is 0. The summed E-state index contributed by atoms with van der Waals surface area (Å²) in [6.07, 6.45) is 0. The van der Waals surface area contributed by atoms with E-state index in [2.05, 4.69) is 30.2 Å². The first kappa shape index (κ1) is 9.43. The van der Waals surface area contributed by atoms with Crippen LogP contribution in [0.25, 0.3) is 5.78 Å². The van der Waals surface area contributed by atoms with Gasteiger partial charge in [0.15, 0.2) is 0 Å². The summed E-state index contributed by atoms with van der Waals surface area (Å²) in [6, 6.07) is 0. The van der Waals surface area contributed by atoms with Crippen molar-refractivity contribution in [2.45, 2.75) is 0 Å². The van der Waals surface area contributed by atoms with Crippen LogP contribution in [0, 0.1) is 0 Å². The van der Waals surface area contributed by atoms with Crippen molar-refractivity contribution in [3.8, 4) is 0 Å². The third-order valence-electron chi connectivity index (χ3n) is 1.81. The molecule has 0 spiro atoms. The highest BCUT2D eigenvalue weighted by Gasteiger charge is 2.17. The molecule has 2 aromatic rings. The minimum atomic E-state index is -0.717. The van der Waals surface area contributed by atoms with Crippen molar-refractivity contribution in [2.24, 2.45) is 4.99 Å². The molecule has 3 heterocycles. The van der Waals surface area contributed by atoms with Crippen LogP contribution in [0.4, 0.5) is 11.9 Å². The number of amidine groups is 1. The van der Waals surface area contributed by atoms with Crippen LogP contribution in [0.2, 0.25) is 5.28 Å². The van der Waals surface area contributed by atoms with Crippen molar-refractivity contribution in [3.63, 3.8) is 0 Å². The number of rotatable bonds is 0. The average Bonchev–Trinajstić information content (AvgIpc) is 2.14. The fraction of sp³-hybridized carbons (Fsp3) is 0. The Kier molecular flexibility index (Phi) is 1.82. The molecule has 0 aromatic carbocycles. The smallest absolute Gasteiger partial charge is 0.300 e. The van der Waals surface area contributed by atoms with Gasteiger partial charge in [0.05, 0.1) is 0 Å². The molecule has 80 valence electrons. The second kappa shape index (κ2) is 3.09. The Morgan fingerprint density at radius 1 is 1.12 bits per heavy atom. The van der Waals surface area contributed by atoms with Crippen LogP contribution < -0.4 is 11.0 Å². The Bertz CT molecular complexity index is 693. The van der Waals surface area contributed by atoms with Gasteiger partial charge < -0.3 is 0 Å². The van der Waals surface area contributed by atoms with Crippen molar-refractivity contribution < 1.29 is 0 Å². The van der Waals surface area contributed by atoms with Crippen molar-refractivity contribution in [1.82, 2.24) is 24.3 Å². The van der Waals surface area contributed by atoms with Gasteiger partial charge in [-0.15, -0.1) is 0 Å². The number of halogens is 2. The predicted octanol–water partition coefficient (Wildman–Crippen LogP) is 0.185. The highest BCUT2D eigenvalue weighted by atomic mass is 35.5. The summed E-state index contributed by atoms with van der Waals surface area (Å²) >= 11 is 11.4. The Labute approximate surface area is 97.0 Å². The second-order valence-corrected chi connectivity index (χ2v) is 3.48. The van der Waals surface area contributed by atoms with E-state index in [9.17, 15) is 4.79 Å². The van der Waals surface area contributed by atoms with Crippen LogP contribution >= 0.6 is 23.2 Å². The van der Waals surface area contributed by atoms with Crippen LogP contribution in [0.1, 0.15) is 0 Å². The molecule has 0 amide bonds. The third kappa shape index (κ3) is 1.31. The molecule has 0 saturated carbocycles. The number of anilines is 1. The molecule has 0 atom stereocenters. The monoisotopic (exact) mass is 257 g/mol. The molecule has 0 aliphatic carbocycles. The molecule has 0 radical (unpaired) electrons. The maximum Gasteiger partial charge on any atom is 0.373 e. The Balaban J connectivity index is 2.54. The second-order valence-electron chi connectivity index (χ2n) is 2.79. The molecule has 16 heavy (non-hydrogen) atoms. The number of nitrogens with zero attached hydrogens (tertiary/aromatic N) is 6. The van der Waals surface area contributed by atoms with E-state index in [1.165, 1.54) is 4.40 Å². The molecule has 8 nitrogen and oxygen atoms in total. The zero-order valence-corrected chi connectivity index (χ0v) is 8.86. The van der Waals surface area contributed by atoms with Crippen molar-refractivity contribution in [3.05, 3.63) is 15.8 Å². The molecule has 0 saturated heterocycles. The molecule has 1 aliphatic heterocycles. The van der Waals surface area contributed by atoms with Crippen LogP contribution in [0.15, 0.2) is 9.79 Å². The minimum absolute atomic E-state index is 0.0363. The average molecular weight is 258 g/mol. The summed E-state index contributed by atoms with van der Waals surface area (Å²) in [5, 5.41) is 2.62.